The molecule has 0 bridgehead atoms. The molecule has 1 fully saturated rings. The summed E-state index contributed by atoms with van der Waals surface area (Å²) in [4.78, 5) is 0. The van der Waals surface area contributed by atoms with E-state index in [1.807, 2.05) is 24.3 Å². The summed E-state index contributed by atoms with van der Waals surface area (Å²) < 4.78 is 0. The normalized spacial score (nSPS) is 15.6. The fourth-order valence-electron chi connectivity index (χ4n) is 3.96. The van der Waals surface area contributed by atoms with Crippen LogP contribution in [0.2, 0.25) is 16.6 Å². The Balaban J connectivity index is 2.40. The molecule has 0 aromatic heterocycles. The van der Waals surface area contributed by atoms with Crippen LogP contribution in [-0.2, 0) is 0 Å². The van der Waals surface area contributed by atoms with E-state index in [1.165, 1.54) is 12.8 Å². The highest BCUT2D eigenvalue weighted by molar-refractivity contribution is 6.90. The molecule has 1 N–H and O–H groups in total. The molecule has 1 nitrogen and oxygen atoms in total. The monoisotopic (exact) mass is 352 g/mol. The standard InChI is InChI=1S/C23H32OSi/c1-17(2)25(18(3)4,19(5)6)16-15-21-9-7-8-10-22(21)23(24)14-13-20-11-12-20/h7-10,17-20,23-24H,11-12H2,1-6H3. The van der Waals surface area contributed by atoms with Crippen LogP contribution >= 0.6 is 0 Å². The summed E-state index contributed by atoms with van der Waals surface area (Å²) in [6.07, 6.45) is 1.61. The summed E-state index contributed by atoms with van der Waals surface area (Å²) in [5, 5.41) is 10.5. The zero-order valence-corrected chi connectivity index (χ0v) is 17.6. The molecule has 1 saturated carbocycles. The van der Waals surface area contributed by atoms with Gasteiger partial charge in [-0.15, -0.1) is 5.54 Å². The average molecular weight is 353 g/mol. The van der Waals surface area contributed by atoms with Crippen LogP contribution in [0.3, 0.4) is 0 Å². The second kappa shape index (κ2) is 8.26. The van der Waals surface area contributed by atoms with E-state index in [-0.39, 0.29) is 0 Å². The first kappa shape index (κ1) is 19.8. The molecule has 0 spiro atoms. The van der Waals surface area contributed by atoms with Crippen molar-refractivity contribution < 1.29 is 5.11 Å². The minimum Gasteiger partial charge on any atom is -0.376 e. The number of hydrogen-bond donors (Lipinski definition) is 1. The van der Waals surface area contributed by atoms with Gasteiger partial charge in [0.1, 0.15) is 14.2 Å². The smallest absolute Gasteiger partial charge is 0.146 e. The molecule has 1 aliphatic rings. The van der Waals surface area contributed by atoms with Gasteiger partial charge in [0.2, 0.25) is 0 Å². The van der Waals surface area contributed by atoms with Crippen molar-refractivity contribution in [3.05, 3.63) is 35.4 Å². The Morgan fingerprint density at radius 1 is 0.960 bits per heavy atom. The summed E-state index contributed by atoms with van der Waals surface area (Å²) in [5.41, 5.74) is 7.34. The lowest BCUT2D eigenvalue weighted by Crippen LogP contribution is -2.43. The van der Waals surface area contributed by atoms with Crippen LogP contribution in [0.4, 0.5) is 0 Å². The summed E-state index contributed by atoms with van der Waals surface area (Å²) in [7, 11) is -1.77. The Morgan fingerprint density at radius 2 is 1.52 bits per heavy atom. The van der Waals surface area contributed by atoms with Crippen LogP contribution in [0.25, 0.3) is 0 Å². The number of benzene rings is 1. The number of aliphatic hydroxyl groups excluding tert-OH is 1. The molecule has 0 heterocycles. The van der Waals surface area contributed by atoms with Crippen molar-refractivity contribution in [1.29, 1.82) is 0 Å². The van der Waals surface area contributed by atoms with Crippen molar-refractivity contribution in [2.24, 2.45) is 5.92 Å². The lowest BCUT2D eigenvalue weighted by atomic mass is 10.0. The van der Waals surface area contributed by atoms with Crippen molar-refractivity contribution in [2.75, 3.05) is 0 Å². The largest absolute Gasteiger partial charge is 0.376 e. The van der Waals surface area contributed by atoms with E-state index in [9.17, 15) is 5.11 Å². The third-order valence-electron chi connectivity index (χ3n) is 5.54. The quantitative estimate of drug-likeness (QED) is 0.544. The molecule has 1 atom stereocenters. The number of rotatable bonds is 4. The summed E-state index contributed by atoms with van der Waals surface area (Å²) in [6, 6.07) is 7.93. The van der Waals surface area contributed by atoms with E-state index in [2.05, 4.69) is 64.8 Å². The van der Waals surface area contributed by atoms with Crippen LogP contribution in [-0.4, -0.2) is 13.2 Å². The first-order chi connectivity index (χ1) is 11.8. The van der Waals surface area contributed by atoms with Gasteiger partial charge in [0.25, 0.3) is 0 Å². The highest BCUT2D eigenvalue weighted by atomic mass is 28.3. The molecular weight excluding hydrogens is 320 g/mol. The van der Waals surface area contributed by atoms with Crippen molar-refractivity contribution in [2.45, 2.75) is 77.1 Å². The van der Waals surface area contributed by atoms with Gasteiger partial charge in [-0.3, -0.25) is 0 Å². The minimum absolute atomic E-state index is 0.496. The Hall–Kier alpha value is -1.48. The van der Waals surface area contributed by atoms with E-state index >= 15 is 0 Å². The van der Waals surface area contributed by atoms with Gasteiger partial charge in [0, 0.05) is 17.0 Å². The van der Waals surface area contributed by atoms with E-state index in [0.29, 0.717) is 22.5 Å². The fourth-order valence-corrected chi connectivity index (χ4v) is 9.18. The predicted molar refractivity (Wildman–Crippen MR) is 110 cm³/mol. The Kier molecular flexibility index (Phi) is 6.56. The second-order valence-corrected chi connectivity index (χ2v) is 13.8. The third kappa shape index (κ3) is 4.57. The molecule has 25 heavy (non-hydrogen) atoms. The highest BCUT2D eigenvalue weighted by Gasteiger charge is 2.41. The highest BCUT2D eigenvalue weighted by Crippen LogP contribution is 2.40. The van der Waals surface area contributed by atoms with Gasteiger partial charge in [-0.25, -0.2) is 0 Å². The number of aliphatic hydroxyl groups is 1. The second-order valence-electron chi connectivity index (χ2n) is 8.20. The van der Waals surface area contributed by atoms with Gasteiger partial charge in [0.15, 0.2) is 0 Å². The molecule has 1 aromatic rings. The molecule has 134 valence electrons. The van der Waals surface area contributed by atoms with Crippen molar-refractivity contribution in [1.82, 2.24) is 0 Å². The van der Waals surface area contributed by atoms with Crippen LogP contribution in [0.1, 0.15) is 71.6 Å². The van der Waals surface area contributed by atoms with Crippen molar-refractivity contribution in [3.8, 4) is 23.3 Å². The van der Waals surface area contributed by atoms with Gasteiger partial charge in [0.05, 0.1) is 0 Å². The maximum absolute atomic E-state index is 10.5. The van der Waals surface area contributed by atoms with Gasteiger partial charge in [-0.1, -0.05) is 77.5 Å². The van der Waals surface area contributed by atoms with Crippen LogP contribution in [0.5, 0.6) is 0 Å². The first-order valence-corrected chi connectivity index (χ1v) is 11.8. The molecule has 0 radical (unpaired) electrons. The molecule has 2 rings (SSSR count). The molecule has 0 amide bonds. The Labute approximate surface area is 155 Å². The molecule has 1 aromatic carbocycles. The lowest BCUT2D eigenvalue weighted by molar-refractivity contribution is 0.238. The van der Waals surface area contributed by atoms with E-state index in [0.717, 1.165) is 11.1 Å². The maximum Gasteiger partial charge on any atom is 0.146 e. The van der Waals surface area contributed by atoms with Gasteiger partial charge < -0.3 is 5.11 Å². The van der Waals surface area contributed by atoms with E-state index in [1.54, 1.807) is 0 Å². The molecule has 1 aliphatic carbocycles. The van der Waals surface area contributed by atoms with Crippen LogP contribution < -0.4 is 0 Å². The first-order valence-electron chi connectivity index (χ1n) is 9.60. The zero-order chi connectivity index (χ0) is 18.6. The minimum atomic E-state index is -1.77. The number of hydrogen-bond acceptors (Lipinski definition) is 1. The van der Waals surface area contributed by atoms with E-state index < -0.39 is 14.2 Å². The Morgan fingerprint density at radius 3 is 2.04 bits per heavy atom. The summed E-state index contributed by atoms with van der Waals surface area (Å²) in [6.45, 7) is 13.9. The molecule has 2 heteroatoms. The molecule has 0 saturated heterocycles. The van der Waals surface area contributed by atoms with Crippen molar-refractivity contribution in [3.63, 3.8) is 0 Å². The zero-order valence-electron chi connectivity index (χ0n) is 16.6. The van der Waals surface area contributed by atoms with Gasteiger partial charge in [-0.2, -0.15) is 0 Å². The van der Waals surface area contributed by atoms with Crippen molar-refractivity contribution >= 4 is 8.07 Å². The predicted octanol–water partition coefficient (Wildman–Crippen LogP) is 5.70. The molecule has 1 unspecified atom stereocenters. The third-order valence-corrected chi connectivity index (χ3v) is 11.8. The molecular formula is C23H32OSi. The fraction of sp³-hybridized carbons (Fsp3) is 0.565. The SMILES string of the molecule is CC(C)[Si](C#Cc1ccccc1C(O)C#CC1CC1)(C(C)C)C(C)C. The topological polar surface area (TPSA) is 20.2 Å². The summed E-state index contributed by atoms with van der Waals surface area (Å²) >= 11 is 0. The Bertz CT molecular complexity index is 683. The lowest BCUT2D eigenvalue weighted by Gasteiger charge is -2.38. The van der Waals surface area contributed by atoms with Crippen LogP contribution in [0, 0.1) is 29.2 Å². The molecule has 0 aliphatic heterocycles. The van der Waals surface area contributed by atoms with E-state index in [4.69, 9.17) is 0 Å². The van der Waals surface area contributed by atoms with Gasteiger partial charge >= 0.3 is 0 Å². The van der Waals surface area contributed by atoms with Gasteiger partial charge in [-0.05, 0) is 35.5 Å². The average Bonchev–Trinajstić information content (AvgIpc) is 3.37. The van der Waals surface area contributed by atoms with Crippen LogP contribution in [0.15, 0.2) is 24.3 Å². The summed E-state index contributed by atoms with van der Waals surface area (Å²) in [5.74, 6) is 10.1. The maximum atomic E-state index is 10.5.